The van der Waals surface area contributed by atoms with Gasteiger partial charge in [-0.05, 0) is 42.8 Å². The van der Waals surface area contributed by atoms with Gasteiger partial charge in [0, 0.05) is 12.2 Å². The Bertz CT molecular complexity index is 911. The summed E-state index contributed by atoms with van der Waals surface area (Å²) >= 11 is 5.46. The largest absolute Gasteiger partial charge is 0.140 e. The van der Waals surface area contributed by atoms with Crippen molar-refractivity contribution in [3.63, 3.8) is 0 Å². The lowest BCUT2D eigenvalue weighted by atomic mass is 10.4. The quantitative estimate of drug-likeness (QED) is 0.307. The van der Waals surface area contributed by atoms with Gasteiger partial charge in [0.1, 0.15) is 23.0 Å². The molecular formula is C25H23P2S+. The molecule has 0 unspecified atom stereocenters. The van der Waals surface area contributed by atoms with Crippen LogP contribution in [-0.2, 0) is 0 Å². The lowest BCUT2D eigenvalue weighted by Crippen LogP contribution is -2.24. The first-order valence-electron chi connectivity index (χ1n) is 9.37. The molecular weight excluding hydrogens is 394 g/mol. The van der Waals surface area contributed by atoms with E-state index in [0.717, 1.165) is 5.90 Å². The van der Waals surface area contributed by atoms with Crippen LogP contribution in [0.3, 0.4) is 0 Å². The molecule has 0 aliphatic carbocycles. The van der Waals surface area contributed by atoms with E-state index in [2.05, 4.69) is 121 Å². The third-order valence-corrected chi connectivity index (χ3v) is 14.3. The lowest BCUT2D eigenvalue weighted by Gasteiger charge is -2.27. The molecule has 28 heavy (non-hydrogen) atoms. The van der Waals surface area contributed by atoms with Crippen LogP contribution in [0.5, 0.6) is 0 Å². The van der Waals surface area contributed by atoms with Crippen LogP contribution in [0, 0.1) is 0 Å². The van der Waals surface area contributed by atoms with Gasteiger partial charge in [0.15, 0.2) is 0 Å². The first-order valence-corrected chi connectivity index (χ1v) is 14.0. The maximum Gasteiger partial charge on any atom is 0.140 e. The first-order chi connectivity index (χ1) is 13.8. The van der Waals surface area contributed by atoms with Gasteiger partial charge in [-0.15, -0.1) is 0 Å². The molecule has 0 aromatic heterocycles. The average molecular weight is 417 g/mol. The summed E-state index contributed by atoms with van der Waals surface area (Å²) in [7, 11) is -0.513. The molecule has 3 heteroatoms. The number of thiol groups is 1. The van der Waals surface area contributed by atoms with E-state index in [1.807, 2.05) is 0 Å². The van der Waals surface area contributed by atoms with Crippen LogP contribution >= 0.6 is 26.6 Å². The van der Waals surface area contributed by atoms with E-state index in [1.165, 1.54) is 21.2 Å². The molecule has 0 amide bonds. The molecule has 0 heterocycles. The maximum atomic E-state index is 5.46. The molecule has 0 N–H and O–H groups in total. The molecule has 0 saturated heterocycles. The van der Waals surface area contributed by atoms with Crippen LogP contribution in [-0.4, -0.2) is 5.90 Å². The molecule has 138 valence electrons. The van der Waals surface area contributed by atoms with Crippen LogP contribution in [0.2, 0.25) is 0 Å². The maximum absolute atomic E-state index is 5.46. The zero-order chi connectivity index (χ0) is 19.2. The van der Waals surface area contributed by atoms with Crippen molar-refractivity contribution < 1.29 is 0 Å². The van der Waals surface area contributed by atoms with Gasteiger partial charge in [-0.2, -0.15) is 0 Å². The Hall–Kier alpha value is -1.91. The van der Waals surface area contributed by atoms with Gasteiger partial charge in [0.2, 0.25) is 0 Å². The van der Waals surface area contributed by atoms with Crippen molar-refractivity contribution in [2.45, 2.75) is 0 Å². The zero-order valence-electron chi connectivity index (χ0n) is 15.6. The van der Waals surface area contributed by atoms with Crippen LogP contribution in [0.1, 0.15) is 0 Å². The van der Waals surface area contributed by atoms with E-state index >= 15 is 0 Å². The summed E-state index contributed by atoms with van der Waals surface area (Å²) in [4.78, 5) is 0. The van der Waals surface area contributed by atoms with E-state index < -0.39 is 14.4 Å². The Kier molecular flexibility index (Phi) is 6.28. The van der Waals surface area contributed by atoms with Crippen molar-refractivity contribution in [1.29, 1.82) is 0 Å². The second kappa shape index (κ2) is 9.06. The summed E-state index contributed by atoms with van der Waals surface area (Å²) in [5, 5.41) is 5.52. The first kappa shape index (κ1) is 19.4. The smallest absolute Gasteiger partial charge is 0.0622 e. The normalized spacial score (nSPS) is 11.5. The summed E-state index contributed by atoms with van der Waals surface area (Å²) in [6, 6.07) is 43.6. The molecule has 4 aromatic carbocycles. The molecule has 0 atom stereocenters. The predicted octanol–water partition coefficient (Wildman–Crippen LogP) is 5.59. The minimum Gasteiger partial charge on any atom is -0.0622 e. The van der Waals surface area contributed by atoms with Gasteiger partial charge in [0.05, 0.1) is 0 Å². The van der Waals surface area contributed by atoms with Crippen LogP contribution < -0.4 is 21.2 Å². The Morgan fingerprint density at radius 1 is 0.500 bits per heavy atom. The zero-order valence-corrected chi connectivity index (χ0v) is 18.3. The van der Waals surface area contributed by atoms with Crippen molar-refractivity contribution >= 4 is 47.9 Å². The molecule has 0 aliphatic rings. The molecule has 4 rings (SSSR count). The second-order valence-electron chi connectivity index (χ2n) is 6.68. The van der Waals surface area contributed by atoms with E-state index in [1.54, 1.807) is 0 Å². The van der Waals surface area contributed by atoms with Crippen LogP contribution in [0.25, 0.3) is 0 Å². The number of hydrogen-bond donors (Lipinski definition) is 1. The van der Waals surface area contributed by atoms with E-state index in [-0.39, 0.29) is 0 Å². The molecule has 0 saturated carbocycles. The van der Waals surface area contributed by atoms with Crippen LogP contribution in [0.4, 0.5) is 0 Å². The van der Waals surface area contributed by atoms with Crippen molar-refractivity contribution in [1.82, 2.24) is 0 Å². The highest BCUT2D eigenvalue weighted by Gasteiger charge is 2.42. The van der Waals surface area contributed by atoms with Gasteiger partial charge in [-0.1, -0.05) is 97.1 Å². The lowest BCUT2D eigenvalue weighted by molar-refractivity contribution is 1.73. The Morgan fingerprint density at radius 2 is 0.821 bits per heavy atom. The summed E-state index contributed by atoms with van der Waals surface area (Å²) in [5.41, 5.74) is 0. The summed E-state index contributed by atoms with van der Waals surface area (Å²) in [6.45, 7) is -1.84. The topological polar surface area (TPSA) is 0 Å². The van der Waals surface area contributed by atoms with Crippen molar-refractivity contribution in [3.8, 4) is 0 Å². The minimum atomic E-state index is -1.84. The molecule has 4 aromatic rings. The van der Waals surface area contributed by atoms with E-state index in [9.17, 15) is 0 Å². The van der Waals surface area contributed by atoms with Crippen molar-refractivity contribution in [3.05, 3.63) is 121 Å². The monoisotopic (exact) mass is 417 g/mol. The third kappa shape index (κ3) is 4.23. The summed E-state index contributed by atoms with van der Waals surface area (Å²) in [5.74, 6) is 1.05. The second-order valence-corrected chi connectivity index (χ2v) is 14.3. The van der Waals surface area contributed by atoms with Gasteiger partial charge >= 0.3 is 0 Å². The fourth-order valence-electron chi connectivity index (χ4n) is 3.39. The average Bonchev–Trinajstić information content (AvgIpc) is 2.80. The highest BCUT2D eigenvalue weighted by atomic mass is 32.7. The molecule has 0 fully saturated rings. The fourth-order valence-corrected chi connectivity index (χ4v) is 12.6. The van der Waals surface area contributed by atoms with E-state index in [4.69, 9.17) is 12.2 Å². The van der Waals surface area contributed by atoms with Gasteiger partial charge in [-0.3, -0.25) is 0 Å². The number of benzene rings is 4. The van der Waals surface area contributed by atoms with Crippen molar-refractivity contribution in [2.75, 3.05) is 5.90 Å². The van der Waals surface area contributed by atoms with E-state index in [0.29, 0.717) is 0 Å². The van der Waals surface area contributed by atoms with Crippen molar-refractivity contribution in [2.24, 2.45) is 0 Å². The Balaban J connectivity index is 1.84. The Labute approximate surface area is 174 Å². The molecule has 0 nitrogen and oxygen atoms in total. The summed E-state index contributed by atoms with van der Waals surface area (Å²) in [6.07, 6.45) is 0. The SMILES string of the molecule is S[P+](CP(c1ccccc1)c1ccccc1)(c1ccccc1)c1ccccc1. The standard InChI is InChI=1S/C25H23P2S/c28-27(24-17-9-3-10-18-24,25-19-11-4-12-20-25)21-26(22-13-5-1-6-14-22)23-15-7-2-8-16-23/h1-20,28H,21H2/q+1. The van der Waals surface area contributed by atoms with Crippen LogP contribution in [0.15, 0.2) is 121 Å². The highest BCUT2D eigenvalue weighted by Crippen LogP contribution is 2.67. The number of hydrogen-bond acceptors (Lipinski definition) is 1. The van der Waals surface area contributed by atoms with Gasteiger partial charge in [-0.25, -0.2) is 0 Å². The molecule has 0 bridgehead atoms. The highest BCUT2D eigenvalue weighted by molar-refractivity contribution is 8.59. The molecule has 0 spiro atoms. The number of rotatable bonds is 6. The van der Waals surface area contributed by atoms with Gasteiger partial charge < -0.3 is 0 Å². The minimum absolute atomic E-state index is 0.513. The Morgan fingerprint density at radius 3 is 1.18 bits per heavy atom. The summed E-state index contributed by atoms with van der Waals surface area (Å²) < 4.78 is 0. The fraction of sp³-hybridized carbons (Fsp3) is 0.0400. The van der Waals surface area contributed by atoms with Gasteiger partial charge in [0.25, 0.3) is 0 Å². The molecule has 0 aliphatic heterocycles. The predicted molar refractivity (Wildman–Crippen MR) is 132 cm³/mol. The molecule has 0 radical (unpaired) electrons. The third-order valence-electron chi connectivity index (χ3n) is 4.85.